The van der Waals surface area contributed by atoms with Gasteiger partial charge in [0.15, 0.2) is 0 Å². The number of thiophene rings is 1. The minimum Gasteiger partial charge on any atom is -0.145 e. The molecule has 2 heteroatoms. The van der Waals surface area contributed by atoms with Crippen LogP contribution in [0.25, 0.3) is 0 Å². The first kappa shape index (κ1) is 13.2. The van der Waals surface area contributed by atoms with E-state index in [-0.39, 0.29) is 0 Å². The quantitative estimate of drug-likeness (QED) is 0.653. The molecule has 0 aromatic carbocycles. The molecule has 1 unspecified atom stereocenters. The fraction of sp³-hybridized carbons (Fsp3) is 0.692. The molecule has 1 aromatic heterocycles. The molecule has 0 spiro atoms. The van der Waals surface area contributed by atoms with Crippen molar-refractivity contribution in [2.24, 2.45) is 11.8 Å². The Morgan fingerprint density at radius 3 is 2.40 bits per heavy atom. The van der Waals surface area contributed by atoms with Crippen molar-refractivity contribution in [3.63, 3.8) is 0 Å². The molecular weight excluding hydrogens is 268 g/mol. The monoisotopic (exact) mass is 288 g/mol. The van der Waals surface area contributed by atoms with Crippen molar-refractivity contribution >= 4 is 27.3 Å². The number of alkyl halides is 1. The summed E-state index contributed by atoms with van der Waals surface area (Å²) in [6.45, 7) is 6.84. The van der Waals surface area contributed by atoms with Gasteiger partial charge < -0.3 is 0 Å². The van der Waals surface area contributed by atoms with Crippen LogP contribution in [0.3, 0.4) is 0 Å². The van der Waals surface area contributed by atoms with Crippen LogP contribution >= 0.6 is 27.3 Å². The highest BCUT2D eigenvalue weighted by Gasteiger charge is 2.11. The molecule has 0 saturated heterocycles. The van der Waals surface area contributed by atoms with Crippen molar-refractivity contribution in [3.05, 3.63) is 21.9 Å². The molecule has 0 amide bonds. The zero-order chi connectivity index (χ0) is 11.3. The molecule has 0 aliphatic heterocycles. The second-order valence-electron chi connectivity index (χ2n) is 4.58. The molecule has 0 nitrogen and oxygen atoms in total. The second kappa shape index (κ2) is 6.70. The van der Waals surface area contributed by atoms with E-state index in [4.69, 9.17) is 0 Å². The predicted molar refractivity (Wildman–Crippen MR) is 74.1 cm³/mol. The maximum Gasteiger partial charge on any atom is 0.00632 e. The molecule has 0 fully saturated rings. The largest absolute Gasteiger partial charge is 0.145 e. The molecule has 1 rings (SSSR count). The van der Waals surface area contributed by atoms with E-state index in [0.717, 1.165) is 17.2 Å². The molecule has 86 valence electrons. The summed E-state index contributed by atoms with van der Waals surface area (Å²) in [5.74, 6) is 1.60. The van der Waals surface area contributed by atoms with Crippen LogP contribution in [0.1, 0.15) is 36.9 Å². The Kier molecular flexibility index (Phi) is 5.91. The SMILES string of the molecule is CCc1ccc(CC(CBr)CC(C)C)s1. The standard InChI is InChI=1S/C13H21BrS/c1-4-12-5-6-13(15-12)8-11(9-14)7-10(2)3/h5-6,10-11H,4,7-9H2,1-3H3. The summed E-state index contributed by atoms with van der Waals surface area (Å²) in [5.41, 5.74) is 0. The Hall–Kier alpha value is 0.180. The molecule has 0 aliphatic carbocycles. The minimum absolute atomic E-state index is 0.799. The van der Waals surface area contributed by atoms with Crippen molar-refractivity contribution in [3.8, 4) is 0 Å². The molecule has 15 heavy (non-hydrogen) atoms. The summed E-state index contributed by atoms with van der Waals surface area (Å²) in [6.07, 6.45) is 3.74. The number of rotatable bonds is 6. The van der Waals surface area contributed by atoms with Gasteiger partial charge in [0.25, 0.3) is 0 Å². The highest BCUT2D eigenvalue weighted by Crippen LogP contribution is 2.24. The van der Waals surface area contributed by atoms with Gasteiger partial charge in [0.2, 0.25) is 0 Å². The second-order valence-corrected chi connectivity index (χ2v) is 6.48. The van der Waals surface area contributed by atoms with Crippen LogP contribution in [-0.4, -0.2) is 5.33 Å². The van der Waals surface area contributed by atoms with Crippen molar-refractivity contribution in [1.29, 1.82) is 0 Å². The summed E-state index contributed by atoms with van der Waals surface area (Å²) in [6, 6.07) is 4.58. The summed E-state index contributed by atoms with van der Waals surface area (Å²) in [7, 11) is 0. The average molecular weight is 289 g/mol. The Morgan fingerprint density at radius 1 is 1.27 bits per heavy atom. The highest BCUT2D eigenvalue weighted by atomic mass is 79.9. The number of hydrogen-bond donors (Lipinski definition) is 0. The number of hydrogen-bond acceptors (Lipinski definition) is 1. The third-order valence-electron chi connectivity index (χ3n) is 2.58. The molecule has 0 bridgehead atoms. The van der Waals surface area contributed by atoms with Gasteiger partial charge in [-0.05, 0) is 43.2 Å². The zero-order valence-corrected chi connectivity index (χ0v) is 12.3. The van der Waals surface area contributed by atoms with Gasteiger partial charge in [-0.2, -0.15) is 0 Å². The predicted octanol–water partition coefficient (Wildman–Crippen LogP) is 4.91. The van der Waals surface area contributed by atoms with Crippen LogP contribution in [0.4, 0.5) is 0 Å². The van der Waals surface area contributed by atoms with Gasteiger partial charge in [-0.1, -0.05) is 36.7 Å². The van der Waals surface area contributed by atoms with E-state index in [9.17, 15) is 0 Å². The van der Waals surface area contributed by atoms with E-state index in [1.54, 1.807) is 4.88 Å². The van der Waals surface area contributed by atoms with Gasteiger partial charge in [-0.15, -0.1) is 11.3 Å². The average Bonchev–Trinajstić information content (AvgIpc) is 2.64. The van der Waals surface area contributed by atoms with Crippen molar-refractivity contribution in [2.75, 3.05) is 5.33 Å². The lowest BCUT2D eigenvalue weighted by molar-refractivity contribution is 0.447. The van der Waals surface area contributed by atoms with Crippen molar-refractivity contribution < 1.29 is 0 Å². The topological polar surface area (TPSA) is 0 Å². The Bertz CT molecular complexity index is 278. The fourth-order valence-electron chi connectivity index (χ4n) is 1.87. The van der Waals surface area contributed by atoms with Gasteiger partial charge in [-0.25, -0.2) is 0 Å². The van der Waals surface area contributed by atoms with E-state index in [2.05, 4.69) is 48.8 Å². The number of aryl methyl sites for hydroxylation is 1. The molecular formula is C13H21BrS. The third-order valence-corrected chi connectivity index (χ3v) is 4.75. The smallest absolute Gasteiger partial charge is 0.00632 e. The maximum absolute atomic E-state index is 3.63. The lowest BCUT2D eigenvalue weighted by atomic mass is 9.95. The Morgan fingerprint density at radius 2 is 1.93 bits per heavy atom. The van der Waals surface area contributed by atoms with E-state index in [1.165, 1.54) is 24.1 Å². The van der Waals surface area contributed by atoms with Crippen LogP contribution < -0.4 is 0 Å². The summed E-state index contributed by atoms with van der Waals surface area (Å²) < 4.78 is 0. The Labute approximate surface area is 106 Å². The first-order valence-electron chi connectivity index (χ1n) is 5.79. The van der Waals surface area contributed by atoms with Gasteiger partial charge >= 0.3 is 0 Å². The maximum atomic E-state index is 3.63. The first-order chi connectivity index (χ1) is 7.15. The molecule has 0 radical (unpaired) electrons. The molecule has 1 atom stereocenters. The van der Waals surface area contributed by atoms with E-state index in [0.29, 0.717) is 0 Å². The highest BCUT2D eigenvalue weighted by molar-refractivity contribution is 9.09. The van der Waals surface area contributed by atoms with Crippen LogP contribution in [0, 0.1) is 11.8 Å². The lowest BCUT2D eigenvalue weighted by Gasteiger charge is -2.15. The Balaban J connectivity index is 2.50. The van der Waals surface area contributed by atoms with Crippen molar-refractivity contribution in [2.45, 2.75) is 40.0 Å². The number of halogens is 1. The van der Waals surface area contributed by atoms with Crippen molar-refractivity contribution in [1.82, 2.24) is 0 Å². The molecule has 1 heterocycles. The van der Waals surface area contributed by atoms with Gasteiger partial charge in [0.1, 0.15) is 0 Å². The van der Waals surface area contributed by atoms with Gasteiger partial charge in [0.05, 0.1) is 0 Å². The van der Waals surface area contributed by atoms with E-state index in [1.807, 2.05) is 11.3 Å². The zero-order valence-electron chi connectivity index (χ0n) is 9.92. The normalized spacial score (nSPS) is 13.4. The molecule has 0 aliphatic rings. The van der Waals surface area contributed by atoms with Crippen LogP contribution in [-0.2, 0) is 12.8 Å². The molecule has 1 aromatic rings. The summed E-state index contributed by atoms with van der Waals surface area (Å²) in [5, 5.41) is 1.13. The van der Waals surface area contributed by atoms with Crippen LogP contribution in [0.5, 0.6) is 0 Å². The van der Waals surface area contributed by atoms with E-state index >= 15 is 0 Å². The first-order valence-corrected chi connectivity index (χ1v) is 7.73. The summed E-state index contributed by atoms with van der Waals surface area (Å²) >= 11 is 5.61. The summed E-state index contributed by atoms with van der Waals surface area (Å²) in [4.78, 5) is 3.07. The van der Waals surface area contributed by atoms with E-state index < -0.39 is 0 Å². The third kappa shape index (κ3) is 4.69. The van der Waals surface area contributed by atoms with Crippen LogP contribution in [0.15, 0.2) is 12.1 Å². The van der Waals surface area contributed by atoms with Gasteiger partial charge in [0, 0.05) is 15.1 Å². The fourth-order valence-corrected chi connectivity index (χ4v) is 3.44. The molecule has 0 saturated carbocycles. The molecule has 0 N–H and O–H groups in total. The minimum atomic E-state index is 0.799. The van der Waals surface area contributed by atoms with Crippen LogP contribution in [0.2, 0.25) is 0 Å². The lowest BCUT2D eigenvalue weighted by Crippen LogP contribution is -2.08. The van der Waals surface area contributed by atoms with Gasteiger partial charge in [-0.3, -0.25) is 0 Å².